The molecule has 2 aromatic rings. The molecule has 0 saturated carbocycles. The van der Waals surface area contributed by atoms with Gasteiger partial charge in [-0.2, -0.15) is 4.98 Å². The Morgan fingerprint density at radius 1 is 1.30 bits per heavy atom. The highest BCUT2D eigenvalue weighted by atomic mass is 32.2. The van der Waals surface area contributed by atoms with Crippen molar-refractivity contribution in [2.45, 2.75) is 44.0 Å². The average molecular weight is 292 g/mol. The van der Waals surface area contributed by atoms with Gasteiger partial charge in [-0.3, -0.25) is 0 Å². The third kappa shape index (κ3) is 2.81. The summed E-state index contributed by atoms with van der Waals surface area (Å²) in [6, 6.07) is 2.03. The molecule has 1 fully saturated rings. The van der Waals surface area contributed by atoms with Crippen LogP contribution in [0, 0.1) is 19.8 Å². The van der Waals surface area contributed by atoms with E-state index in [0.29, 0.717) is 16.9 Å². The summed E-state index contributed by atoms with van der Waals surface area (Å²) < 4.78 is 7.25. The molecule has 0 amide bonds. The number of hydrogen-bond acceptors (Lipinski definition) is 5. The van der Waals surface area contributed by atoms with Gasteiger partial charge in [0.2, 0.25) is 5.16 Å². The molecule has 0 radical (unpaired) electrons. The van der Waals surface area contributed by atoms with E-state index in [4.69, 9.17) is 4.74 Å². The number of nitrogens with zero attached hydrogens (tertiary/aromatic N) is 4. The lowest BCUT2D eigenvalue weighted by Gasteiger charge is -2.26. The van der Waals surface area contributed by atoms with Gasteiger partial charge in [0.1, 0.15) is 0 Å². The Balaban J connectivity index is 1.78. The molecule has 1 atom stereocenters. The smallest absolute Gasteiger partial charge is 0.253 e. The number of thioether (sulfide) groups is 1. The highest BCUT2D eigenvalue weighted by molar-refractivity contribution is 7.99. The Morgan fingerprint density at radius 3 is 2.80 bits per heavy atom. The van der Waals surface area contributed by atoms with Crippen LogP contribution >= 0.6 is 11.8 Å². The van der Waals surface area contributed by atoms with Gasteiger partial charge in [-0.25, -0.2) is 9.50 Å². The third-order valence-corrected chi connectivity index (χ3v) is 4.96. The summed E-state index contributed by atoms with van der Waals surface area (Å²) >= 11 is 1.75. The first-order chi connectivity index (χ1) is 9.63. The van der Waals surface area contributed by atoms with Crippen LogP contribution in [-0.2, 0) is 4.74 Å². The zero-order valence-corrected chi connectivity index (χ0v) is 13.0. The molecule has 1 aliphatic rings. The zero-order chi connectivity index (χ0) is 14.1. The Kier molecular flexibility index (Phi) is 3.94. The van der Waals surface area contributed by atoms with Crippen molar-refractivity contribution < 1.29 is 4.74 Å². The van der Waals surface area contributed by atoms with Gasteiger partial charge in [0, 0.05) is 29.9 Å². The van der Waals surface area contributed by atoms with E-state index in [9.17, 15) is 0 Å². The maximum absolute atomic E-state index is 5.42. The van der Waals surface area contributed by atoms with Gasteiger partial charge in [-0.1, -0.05) is 18.7 Å². The summed E-state index contributed by atoms with van der Waals surface area (Å²) in [5.74, 6) is 1.39. The van der Waals surface area contributed by atoms with Crippen molar-refractivity contribution in [1.82, 2.24) is 19.6 Å². The Bertz CT molecular complexity index is 606. The van der Waals surface area contributed by atoms with E-state index >= 15 is 0 Å². The van der Waals surface area contributed by atoms with Gasteiger partial charge in [0.15, 0.2) is 0 Å². The van der Waals surface area contributed by atoms with Gasteiger partial charge < -0.3 is 4.74 Å². The number of fused-ring (bicyclic) bond motifs is 1. The Morgan fingerprint density at radius 2 is 2.05 bits per heavy atom. The fourth-order valence-corrected chi connectivity index (χ4v) is 3.71. The van der Waals surface area contributed by atoms with Crippen LogP contribution < -0.4 is 0 Å². The van der Waals surface area contributed by atoms with Crippen LogP contribution in [0.25, 0.3) is 5.78 Å². The van der Waals surface area contributed by atoms with Crippen LogP contribution in [0.3, 0.4) is 0 Å². The van der Waals surface area contributed by atoms with Crippen LogP contribution in [0.1, 0.15) is 31.2 Å². The van der Waals surface area contributed by atoms with Crippen molar-refractivity contribution in [3.05, 3.63) is 17.5 Å². The summed E-state index contributed by atoms with van der Waals surface area (Å²) in [5, 5.41) is 5.90. The molecule has 0 N–H and O–H groups in total. The van der Waals surface area contributed by atoms with Crippen molar-refractivity contribution in [3.8, 4) is 0 Å². The van der Waals surface area contributed by atoms with Crippen molar-refractivity contribution in [3.63, 3.8) is 0 Å². The summed E-state index contributed by atoms with van der Waals surface area (Å²) in [6.07, 6.45) is 2.27. The van der Waals surface area contributed by atoms with Gasteiger partial charge in [0.05, 0.1) is 0 Å². The molecule has 6 heteroatoms. The van der Waals surface area contributed by atoms with E-state index in [1.54, 1.807) is 11.8 Å². The molecule has 1 saturated heterocycles. The quantitative estimate of drug-likeness (QED) is 0.814. The van der Waals surface area contributed by atoms with Crippen molar-refractivity contribution in [2.75, 3.05) is 13.2 Å². The Hall–Kier alpha value is -1.14. The van der Waals surface area contributed by atoms with Crippen molar-refractivity contribution >= 4 is 17.5 Å². The predicted molar refractivity (Wildman–Crippen MR) is 79.1 cm³/mol. The molecule has 2 aromatic heterocycles. The highest BCUT2D eigenvalue weighted by Gasteiger charge is 2.23. The van der Waals surface area contributed by atoms with E-state index < -0.39 is 0 Å². The fraction of sp³-hybridized carbons (Fsp3) is 0.643. The minimum Gasteiger partial charge on any atom is -0.381 e. The molecule has 1 unspecified atom stereocenters. The van der Waals surface area contributed by atoms with Gasteiger partial charge in [-0.15, -0.1) is 5.10 Å². The van der Waals surface area contributed by atoms with E-state index in [0.717, 1.165) is 42.6 Å². The van der Waals surface area contributed by atoms with Crippen molar-refractivity contribution in [2.24, 2.45) is 5.92 Å². The lowest BCUT2D eigenvalue weighted by atomic mass is 9.97. The Labute approximate surface area is 123 Å². The highest BCUT2D eigenvalue weighted by Crippen LogP contribution is 2.31. The third-order valence-electron chi connectivity index (χ3n) is 3.82. The lowest BCUT2D eigenvalue weighted by molar-refractivity contribution is 0.0669. The molecule has 1 aliphatic heterocycles. The molecular formula is C14H20N4OS. The maximum Gasteiger partial charge on any atom is 0.253 e. The second-order valence-electron chi connectivity index (χ2n) is 5.42. The van der Waals surface area contributed by atoms with Gasteiger partial charge >= 0.3 is 0 Å². The summed E-state index contributed by atoms with van der Waals surface area (Å²) in [6.45, 7) is 8.05. The van der Waals surface area contributed by atoms with Gasteiger partial charge in [0.25, 0.3) is 5.78 Å². The van der Waals surface area contributed by atoms with E-state index in [1.165, 1.54) is 0 Å². The number of ether oxygens (including phenoxy) is 1. The number of aromatic nitrogens is 4. The predicted octanol–water partition coefficient (Wildman–Crippen LogP) is 2.65. The molecule has 3 heterocycles. The largest absolute Gasteiger partial charge is 0.381 e. The fourth-order valence-electron chi connectivity index (χ4n) is 2.65. The molecule has 20 heavy (non-hydrogen) atoms. The van der Waals surface area contributed by atoms with Crippen LogP contribution in [0.5, 0.6) is 0 Å². The monoisotopic (exact) mass is 292 g/mol. The second kappa shape index (κ2) is 5.69. The van der Waals surface area contributed by atoms with Crippen LogP contribution in [-0.4, -0.2) is 38.0 Å². The number of aryl methyl sites for hydroxylation is 2. The minimum atomic E-state index is 0.512. The molecule has 3 rings (SSSR count). The molecule has 108 valence electrons. The van der Waals surface area contributed by atoms with Crippen LogP contribution in [0.4, 0.5) is 0 Å². The first-order valence-electron chi connectivity index (χ1n) is 7.09. The van der Waals surface area contributed by atoms with Crippen LogP contribution in [0.2, 0.25) is 0 Å². The van der Waals surface area contributed by atoms with E-state index in [1.807, 2.05) is 24.4 Å². The topological polar surface area (TPSA) is 52.3 Å². The first kappa shape index (κ1) is 13.8. The first-order valence-corrected chi connectivity index (χ1v) is 7.97. The van der Waals surface area contributed by atoms with Gasteiger partial charge in [-0.05, 0) is 38.7 Å². The molecule has 0 bridgehead atoms. The average Bonchev–Trinajstić information content (AvgIpc) is 2.82. The second-order valence-corrected chi connectivity index (χ2v) is 6.76. The SMILES string of the molecule is Cc1cc(C)n2nc(SC(C)C3CCOCC3)nc2n1. The normalized spacial score (nSPS) is 18.6. The van der Waals surface area contributed by atoms with Crippen molar-refractivity contribution in [1.29, 1.82) is 0 Å². The summed E-state index contributed by atoms with van der Waals surface area (Å²) in [4.78, 5) is 8.97. The molecule has 0 aliphatic carbocycles. The lowest BCUT2D eigenvalue weighted by Crippen LogP contribution is -2.23. The molecule has 0 spiro atoms. The summed E-state index contributed by atoms with van der Waals surface area (Å²) in [5.41, 5.74) is 2.06. The molecule has 0 aromatic carbocycles. The van der Waals surface area contributed by atoms with E-state index in [-0.39, 0.29) is 0 Å². The zero-order valence-electron chi connectivity index (χ0n) is 12.2. The standard InChI is InChI=1S/C14H20N4OS/c1-9-8-10(2)18-13(15-9)16-14(17-18)20-11(3)12-4-6-19-7-5-12/h8,11-12H,4-7H2,1-3H3. The minimum absolute atomic E-state index is 0.512. The van der Waals surface area contributed by atoms with Crippen LogP contribution in [0.15, 0.2) is 11.2 Å². The number of rotatable bonds is 3. The molecule has 5 nitrogen and oxygen atoms in total. The molecular weight excluding hydrogens is 272 g/mol. The maximum atomic E-state index is 5.42. The summed E-state index contributed by atoms with van der Waals surface area (Å²) in [7, 11) is 0. The number of hydrogen-bond donors (Lipinski definition) is 0. The van der Waals surface area contributed by atoms with E-state index in [2.05, 4.69) is 22.0 Å².